The van der Waals surface area contributed by atoms with Crippen LogP contribution in [-0.2, 0) is 14.3 Å². The lowest BCUT2D eigenvalue weighted by Crippen LogP contribution is -2.34. The Labute approximate surface area is 110 Å². The van der Waals surface area contributed by atoms with E-state index in [2.05, 4.69) is 0 Å². The number of halogens is 1. The highest BCUT2D eigenvalue weighted by Crippen LogP contribution is 2.44. The number of carbonyl (C=O) groups excluding carboxylic acids is 2. The third-order valence-corrected chi connectivity index (χ3v) is 3.49. The number of primary amides is 1. The molecule has 0 saturated carbocycles. The summed E-state index contributed by atoms with van der Waals surface area (Å²) in [5.41, 5.74) is 5.36. The molecular formula is C13H14ClNO3. The van der Waals surface area contributed by atoms with Crippen molar-refractivity contribution in [2.24, 2.45) is 11.7 Å². The smallest absolute Gasteiger partial charge is 0.319 e. The van der Waals surface area contributed by atoms with Crippen molar-refractivity contribution >= 4 is 23.5 Å². The molecule has 2 rings (SSSR count). The van der Waals surface area contributed by atoms with Crippen LogP contribution in [-0.4, -0.2) is 17.5 Å². The van der Waals surface area contributed by atoms with E-state index >= 15 is 0 Å². The van der Waals surface area contributed by atoms with Crippen molar-refractivity contribution in [2.75, 3.05) is 0 Å². The first-order chi connectivity index (χ1) is 8.33. The maximum absolute atomic E-state index is 11.7. The van der Waals surface area contributed by atoms with Gasteiger partial charge in [0, 0.05) is 10.9 Å². The molecule has 1 heterocycles. The molecule has 0 spiro atoms. The molecule has 18 heavy (non-hydrogen) atoms. The highest BCUT2D eigenvalue weighted by Gasteiger charge is 2.53. The minimum atomic E-state index is -0.943. The number of cyclic esters (lactones) is 1. The minimum Gasteiger partial charge on any atom is -0.458 e. The van der Waals surface area contributed by atoms with Gasteiger partial charge in [0.2, 0.25) is 5.91 Å². The lowest BCUT2D eigenvalue weighted by Gasteiger charge is -2.26. The molecule has 0 unspecified atom stereocenters. The number of hydrogen-bond donors (Lipinski definition) is 1. The molecule has 0 aliphatic carbocycles. The van der Waals surface area contributed by atoms with Crippen LogP contribution in [0, 0.1) is 5.92 Å². The second-order valence-corrected chi connectivity index (χ2v) is 5.37. The molecule has 96 valence electrons. The molecule has 2 N–H and O–H groups in total. The topological polar surface area (TPSA) is 69.4 Å². The Bertz CT molecular complexity index is 495. The quantitative estimate of drug-likeness (QED) is 0.657. The number of rotatable bonds is 2. The van der Waals surface area contributed by atoms with E-state index in [4.69, 9.17) is 22.1 Å². The number of ether oxygens (including phenoxy) is 1. The predicted molar refractivity (Wildman–Crippen MR) is 67.0 cm³/mol. The van der Waals surface area contributed by atoms with E-state index in [1.165, 1.54) is 0 Å². The molecule has 1 aromatic carbocycles. The van der Waals surface area contributed by atoms with Gasteiger partial charge in [-0.15, -0.1) is 0 Å². The average molecular weight is 268 g/mol. The van der Waals surface area contributed by atoms with Gasteiger partial charge in [0.05, 0.1) is 0 Å². The van der Waals surface area contributed by atoms with Crippen LogP contribution in [0.4, 0.5) is 0 Å². The maximum atomic E-state index is 11.7. The molecule has 4 nitrogen and oxygen atoms in total. The van der Waals surface area contributed by atoms with Gasteiger partial charge in [-0.25, -0.2) is 0 Å². The Balaban J connectivity index is 2.47. The third kappa shape index (κ3) is 2.08. The molecule has 1 fully saturated rings. The fourth-order valence-corrected chi connectivity index (χ4v) is 2.59. The summed E-state index contributed by atoms with van der Waals surface area (Å²) in [6.45, 7) is 3.54. The molecule has 0 radical (unpaired) electrons. The van der Waals surface area contributed by atoms with Crippen molar-refractivity contribution in [2.45, 2.75) is 25.4 Å². The van der Waals surface area contributed by atoms with Crippen LogP contribution in [0.15, 0.2) is 24.3 Å². The van der Waals surface area contributed by atoms with Crippen LogP contribution in [0.2, 0.25) is 5.02 Å². The summed E-state index contributed by atoms with van der Waals surface area (Å²) in [5.74, 6) is -2.56. The molecule has 5 heteroatoms. The second-order valence-electron chi connectivity index (χ2n) is 4.93. The van der Waals surface area contributed by atoms with Crippen LogP contribution < -0.4 is 5.73 Å². The van der Waals surface area contributed by atoms with Gasteiger partial charge < -0.3 is 10.5 Å². The summed E-state index contributed by atoms with van der Waals surface area (Å²) in [4.78, 5) is 23.2. The molecule has 1 amide bonds. The van der Waals surface area contributed by atoms with Gasteiger partial charge in [-0.3, -0.25) is 9.59 Å². The van der Waals surface area contributed by atoms with Crippen molar-refractivity contribution in [3.8, 4) is 0 Å². The van der Waals surface area contributed by atoms with Gasteiger partial charge >= 0.3 is 5.97 Å². The van der Waals surface area contributed by atoms with Crippen molar-refractivity contribution in [3.63, 3.8) is 0 Å². The molecule has 1 aliphatic rings. The fourth-order valence-electron chi connectivity index (χ4n) is 2.47. The number of amides is 1. The van der Waals surface area contributed by atoms with Crippen molar-refractivity contribution in [1.29, 1.82) is 0 Å². The van der Waals surface area contributed by atoms with E-state index in [-0.39, 0.29) is 5.92 Å². The molecule has 0 bridgehead atoms. The lowest BCUT2D eigenvalue weighted by atomic mass is 9.78. The molecule has 1 aliphatic heterocycles. The summed E-state index contributed by atoms with van der Waals surface area (Å²) in [5, 5.41) is 0.595. The number of carbonyl (C=O) groups is 2. The van der Waals surface area contributed by atoms with Gasteiger partial charge in [0.15, 0.2) is 0 Å². The highest BCUT2D eigenvalue weighted by atomic mass is 35.5. The van der Waals surface area contributed by atoms with Crippen LogP contribution in [0.1, 0.15) is 25.3 Å². The first-order valence-electron chi connectivity index (χ1n) is 5.60. The third-order valence-electron chi connectivity index (χ3n) is 3.24. The zero-order chi connectivity index (χ0) is 13.5. The summed E-state index contributed by atoms with van der Waals surface area (Å²) in [6.07, 6.45) is 0. The van der Waals surface area contributed by atoms with E-state index in [0.717, 1.165) is 5.56 Å². The van der Waals surface area contributed by atoms with Crippen LogP contribution in [0.5, 0.6) is 0 Å². The largest absolute Gasteiger partial charge is 0.458 e. The average Bonchev–Trinajstić information content (AvgIpc) is 2.49. The number of hydrogen-bond acceptors (Lipinski definition) is 3. The molecular weight excluding hydrogens is 254 g/mol. The molecule has 1 saturated heterocycles. The molecule has 0 aromatic heterocycles. The van der Waals surface area contributed by atoms with Crippen LogP contribution in [0.25, 0.3) is 0 Å². The summed E-state index contributed by atoms with van der Waals surface area (Å²) < 4.78 is 5.25. The number of benzene rings is 1. The Morgan fingerprint density at radius 3 is 2.39 bits per heavy atom. The van der Waals surface area contributed by atoms with Gasteiger partial charge in [-0.05, 0) is 31.5 Å². The maximum Gasteiger partial charge on any atom is 0.319 e. The van der Waals surface area contributed by atoms with Crippen molar-refractivity contribution < 1.29 is 14.3 Å². The lowest BCUT2D eigenvalue weighted by molar-refractivity contribution is -0.150. The van der Waals surface area contributed by atoms with E-state index in [0.29, 0.717) is 5.02 Å². The van der Waals surface area contributed by atoms with E-state index in [9.17, 15) is 9.59 Å². The Kier molecular flexibility index (Phi) is 3.07. The van der Waals surface area contributed by atoms with Crippen molar-refractivity contribution in [1.82, 2.24) is 0 Å². The molecule has 2 atom stereocenters. The highest BCUT2D eigenvalue weighted by molar-refractivity contribution is 6.30. The Morgan fingerprint density at radius 1 is 1.33 bits per heavy atom. The molecule has 1 aromatic rings. The zero-order valence-electron chi connectivity index (χ0n) is 10.1. The number of nitrogens with two attached hydrogens (primary N) is 1. The van der Waals surface area contributed by atoms with Gasteiger partial charge in [-0.2, -0.15) is 0 Å². The SMILES string of the molecule is CC1(C)OC(=O)[C@H](C(N)=O)[C@H]1c1ccc(Cl)cc1. The minimum absolute atomic E-state index is 0.389. The first kappa shape index (κ1) is 12.9. The van der Waals surface area contributed by atoms with Gasteiger partial charge in [0.25, 0.3) is 0 Å². The van der Waals surface area contributed by atoms with Gasteiger partial charge in [-0.1, -0.05) is 23.7 Å². The van der Waals surface area contributed by atoms with Crippen molar-refractivity contribution in [3.05, 3.63) is 34.9 Å². The summed E-state index contributed by atoms with van der Waals surface area (Å²) in [6, 6.07) is 7.00. The first-order valence-corrected chi connectivity index (χ1v) is 5.98. The zero-order valence-corrected chi connectivity index (χ0v) is 10.9. The summed E-state index contributed by atoms with van der Waals surface area (Å²) >= 11 is 5.83. The second kappa shape index (κ2) is 4.28. The van der Waals surface area contributed by atoms with Crippen LogP contribution >= 0.6 is 11.6 Å². The van der Waals surface area contributed by atoms with E-state index in [1.807, 2.05) is 0 Å². The Hall–Kier alpha value is -1.55. The van der Waals surface area contributed by atoms with Gasteiger partial charge in [0.1, 0.15) is 11.5 Å². The summed E-state index contributed by atoms with van der Waals surface area (Å²) in [7, 11) is 0. The number of esters is 1. The fraction of sp³-hybridized carbons (Fsp3) is 0.385. The van der Waals surface area contributed by atoms with Crippen LogP contribution in [0.3, 0.4) is 0 Å². The normalized spacial score (nSPS) is 25.8. The Morgan fingerprint density at radius 2 is 1.89 bits per heavy atom. The predicted octanol–water partition coefficient (Wildman–Crippen LogP) is 1.86. The van der Waals surface area contributed by atoms with E-state index in [1.54, 1.807) is 38.1 Å². The standard InChI is InChI=1S/C13H14ClNO3/c1-13(2)10(7-3-5-8(14)6-4-7)9(11(15)16)12(17)18-13/h3-6,9-10H,1-2H3,(H2,15,16)/t9-,10+/m0/s1. The van der Waals surface area contributed by atoms with E-state index < -0.39 is 23.4 Å². The monoisotopic (exact) mass is 267 g/mol.